The number of hydrogen-bond acceptors (Lipinski definition) is 9. The van der Waals surface area contributed by atoms with Crippen LogP contribution in [-0.2, 0) is 4.74 Å². The number of benzene rings is 1. The second kappa shape index (κ2) is 10.4. The minimum absolute atomic E-state index is 0.115. The van der Waals surface area contributed by atoms with Crippen LogP contribution in [0, 0.1) is 0 Å². The van der Waals surface area contributed by atoms with Crippen molar-refractivity contribution in [1.82, 2.24) is 24.8 Å². The van der Waals surface area contributed by atoms with Crippen LogP contribution in [0.2, 0.25) is 0 Å². The van der Waals surface area contributed by atoms with Crippen LogP contribution in [0.15, 0.2) is 36.9 Å². The summed E-state index contributed by atoms with van der Waals surface area (Å²) in [4.78, 5) is 33.5. The first-order valence-corrected chi connectivity index (χ1v) is 12.1. The molecule has 1 aliphatic heterocycles. The third kappa shape index (κ3) is 5.43. The fourth-order valence-electron chi connectivity index (χ4n) is 4.58. The Morgan fingerprint density at radius 3 is 2.51 bits per heavy atom. The zero-order chi connectivity index (χ0) is 24.2. The van der Waals surface area contributed by atoms with Crippen LogP contribution in [0.5, 0.6) is 5.75 Å². The van der Waals surface area contributed by atoms with Crippen LogP contribution in [0.1, 0.15) is 36.2 Å². The van der Waals surface area contributed by atoms with E-state index in [-0.39, 0.29) is 18.1 Å². The van der Waals surface area contributed by atoms with Gasteiger partial charge in [-0.25, -0.2) is 15.0 Å². The van der Waals surface area contributed by atoms with Gasteiger partial charge in [-0.15, -0.1) is 0 Å². The number of hydrogen-bond donors (Lipinski definition) is 1. The number of nitrogens with zero attached hydrogens (tertiary/aromatic N) is 6. The zero-order valence-electron chi connectivity index (χ0n) is 20.2. The van der Waals surface area contributed by atoms with Crippen LogP contribution in [0.3, 0.4) is 0 Å². The third-order valence-electron chi connectivity index (χ3n) is 6.50. The molecule has 10 nitrogen and oxygen atoms in total. The van der Waals surface area contributed by atoms with Gasteiger partial charge in [0, 0.05) is 57.4 Å². The van der Waals surface area contributed by atoms with Gasteiger partial charge >= 0.3 is 0 Å². The standard InChI is InChI=1S/C25H31N7O3/c1-31(2)25(33)21-15-29-23(16-28-21)30-17-3-5-19(6-4-17)35-22-14-18(32-9-11-34-12-10-32)13-20-24(22)27-8-7-26-20/h7-8,13-17,19H,3-6,9-12H2,1-2H3,(H,29,30)/t17-,19+. The lowest BCUT2D eigenvalue weighted by Gasteiger charge is -2.31. The van der Waals surface area contributed by atoms with Gasteiger partial charge in [0.1, 0.15) is 22.8 Å². The van der Waals surface area contributed by atoms with Crippen molar-refractivity contribution >= 4 is 28.4 Å². The lowest BCUT2D eigenvalue weighted by atomic mass is 9.93. The second-order valence-electron chi connectivity index (χ2n) is 9.19. The van der Waals surface area contributed by atoms with Crippen molar-refractivity contribution in [3.05, 3.63) is 42.6 Å². The fraction of sp³-hybridized carbons (Fsp3) is 0.480. The van der Waals surface area contributed by atoms with E-state index in [9.17, 15) is 4.79 Å². The van der Waals surface area contributed by atoms with E-state index in [1.54, 1.807) is 32.7 Å². The monoisotopic (exact) mass is 477 g/mol. The molecule has 1 aromatic carbocycles. The topological polar surface area (TPSA) is 106 Å². The van der Waals surface area contributed by atoms with E-state index in [0.717, 1.165) is 74.5 Å². The highest BCUT2D eigenvalue weighted by atomic mass is 16.5. The van der Waals surface area contributed by atoms with Crippen molar-refractivity contribution in [2.75, 3.05) is 50.6 Å². The average molecular weight is 478 g/mol. The average Bonchev–Trinajstić information content (AvgIpc) is 2.90. The first-order valence-electron chi connectivity index (χ1n) is 12.1. The van der Waals surface area contributed by atoms with Crippen molar-refractivity contribution in [2.24, 2.45) is 0 Å². The number of aromatic nitrogens is 4. The molecular formula is C25H31N7O3. The minimum Gasteiger partial charge on any atom is -0.488 e. The summed E-state index contributed by atoms with van der Waals surface area (Å²) in [7, 11) is 3.40. The number of amides is 1. The number of morpholine rings is 1. The Bertz CT molecular complexity index is 1160. The first kappa shape index (κ1) is 23.2. The van der Waals surface area contributed by atoms with Crippen molar-refractivity contribution < 1.29 is 14.3 Å². The highest BCUT2D eigenvalue weighted by Gasteiger charge is 2.24. The quantitative estimate of drug-likeness (QED) is 0.574. The summed E-state index contributed by atoms with van der Waals surface area (Å²) in [6.07, 6.45) is 10.5. The molecule has 1 N–H and O–H groups in total. The van der Waals surface area contributed by atoms with Gasteiger partial charge in [0.25, 0.3) is 5.91 Å². The predicted molar refractivity (Wildman–Crippen MR) is 133 cm³/mol. The van der Waals surface area contributed by atoms with Crippen molar-refractivity contribution in [1.29, 1.82) is 0 Å². The lowest BCUT2D eigenvalue weighted by molar-refractivity contribution is 0.0821. The van der Waals surface area contributed by atoms with E-state index >= 15 is 0 Å². The highest BCUT2D eigenvalue weighted by Crippen LogP contribution is 2.33. The molecule has 184 valence electrons. The summed E-state index contributed by atoms with van der Waals surface area (Å²) in [5, 5.41) is 3.45. The molecule has 1 aliphatic carbocycles. The van der Waals surface area contributed by atoms with Crippen LogP contribution < -0.4 is 15.0 Å². The van der Waals surface area contributed by atoms with Gasteiger partial charge in [-0.2, -0.15) is 0 Å². The van der Waals surface area contributed by atoms with Crippen molar-refractivity contribution in [3.8, 4) is 5.75 Å². The first-order chi connectivity index (χ1) is 17.1. The number of carbonyl (C=O) groups is 1. The Hall–Kier alpha value is -3.53. The van der Waals surface area contributed by atoms with Gasteiger partial charge in [0.15, 0.2) is 0 Å². The van der Waals surface area contributed by atoms with Gasteiger partial charge in [-0.05, 0) is 31.7 Å². The number of carbonyl (C=O) groups excluding carboxylic acids is 1. The maximum Gasteiger partial charge on any atom is 0.273 e. The Balaban J connectivity index is 1.22. The lowest BCUT2D eigenvalue weighted by Crippen LogP contribution is -2.36. The Labute approximate surface area is 204 Å². The molecule has 0 radical (unpaired) electrons. The van der Waals surface area contributed by atoms with Gasteiger partial charge < -0.3 is 24.6 Å². The molecule has 1 saturated carbocycles. The molecule has 2 fully saturated rings. The molecular weight excluding hydrogens is 446 g/mol. The summed E-state index contributed by atoms with van der Waals surface area (Å²) in [5.74, 6) is 1.32. The molecule has 1 saturated heterocycles. The molecule has 0 unspecified atom stereocenters. The van der Waals surface area contributed by atoms with Gasteiger partial charge in [0.05, 0.1) is 37.2 Å². The minimum atomic E-state index is -0.156. The largest absolute Gasteiger partial charge is 0.488 e. The summed E-state index contributed by atoms with van der Waals surface area (Å²) >= 11 is 0. The molecule has 10 heteroatoms. The van der Waals surface area contributed by atoms with Gasteiger partial charge in [-0.3, -0.25) is 9.78 Å². The summed E-state index contributed by atoms with van der Waals surface area (Å²) in [6.45, 7) is 3.17. The smallest absolute Gasteiger partial charge is 0.273 e. The van der Waals surface area contributed by atoms with Crippen LogP contribution in [0.25, 0.3) is 11.0 Å². The van der Waals surface area contributed by atoms with E-state index < -0.39 is 0 Å². The van der Waals surface area contributed by atoms with Crippen LogP contribution >= 0.6 is 0 Å². The SMILES string of the molecule is CN(C)C(=O)c1cnc(N[C@H]2CC[C@@H](Oc3cc(N4CCOCC4)cc4nccnc34)CC2)cn1. The molecule has 3 heterocycles. The molecule has 2 aromatic heterocycles. The Morgan fingerprint density at radius 2 is 1.80 bits per heavy atom. The summed E-state index contributed by atoms with van der Waals surface area (Å²) < 4.78 is 12.0. The van der Waals surface area contributed by atoms with Gasteiger partial charge in [0.2, 0.25) is 0 Å². The second-order valence-corrected chi connectivity index (χ2v) is 9.19. The maximum atomic E-state index is 12.0. The number of fused-ring (bicyclic) bond motifs is 1. The molecule has 0 atom stereocenters. The summed E-state index contributed by atoms with van der Waals surface area (Å²) in [6, 6.07) is 4.47. The van der Waals surface area contributed by atoms with Crippen LogP contribution in [-0.4, -0.2) is 83.3 Å². The Morgan fingerprint density at radius 1 is 1.03 bits per heavy atom. The zero-order valence-corrected chi connectivity index (χ0v) is 20.2. The number of anilines is 2. The molecule has 1 amide bonds. The Kier molecular flexibility index (Phi) is 6.89. The highest BCUT2D eigenvalue weighted by molar-refractivity contribution is 5.91. The number of nitrogens with one attached hydrogen (secondary N) is 1. The number of rotatable bonds is 6. The van der Waals surface area contributed by atoms with Crippen molar-refractivity contribution in [2.45, 2.75) is 37.8 Å². The number of ether oxygens (including phenoxy) is 2. The van der Waals surface area contributed by atoms with E-state index in [1.807, 2.05) is 0 Å². The molecule has 35 heavy (non-hydrogen) atoms. The molecule has 5 rings (SSSR count). The van der Waals surface area contributed by atoms with Crippen LogP contribution in [0.4, 0.5) is 11.5 Å². The molecule has 2 aliphatic rings. The fourth-order valence-corrected chi connectivity index (χ4v) is 4.58. The molecule has 0 bridgehead atoms. The molecule has 0 spiro atoms. The van der Waals surface area contributed by atoms with Gasteiger partial charge in [-0.1, -0.05) is 0 Å². The van der Waals surface area contributed by atoms with E-state index in [1.165, 1.54) is 11.1 Å². The van der Waals surface area contributed by atoms with E-state index in [2.05, 4.69) is 42.3 Å². The third-order valence-corrected chi connectivity index (χ3v) is 6.50. The molecule has 3 aromatic rings. The van der Waals surface area contributed by atoms with E-state index in [0.29, 0.717) is 11.5 Å². The predicted octanol–water partition coefficient (Wildman–Crippen LogP) is 2.76. The van der Waals surface area contributed by atoms with E-state index in [4.69, 9.17) is 9.47 Å². The maximum absolute atomic E-state index is 12.0. The van der Waals surface area contributed by atoms with Crippen molar-refractivity contribution in [3.63, 3.8) is 0 Å². The summed E-state index contributed by atoms with van der Waals surface area (Å²) in [5.41, 5.74) is 3.08. The normalized spacial score (nSPS) is 20.5.